The molecule has 0 fully saturated rings. The van der Waals surface area contributed by atoms with Crippen molar-refractivity contribution in [2.45, 2.75) is 0 Å². The lowest BCUT2D eigenvalue weighted by Crippen LogP contribution is -2.03. The summed E-state index contributed by atoms with van der Waals surface area (Å²) in [5.41, 5.74) is 5.52. The summed E-state index contributed by atoms with van der Waals surface area (Å²) in [5.74, 6) is -0.556. The first-order valence-electron chi connectivity index (χ1n) is 5.18. The fourth-order valence-corrected chi connectivity index (χ4v) is 2.49. The van der Waals surface area contributed by atoms with E-state index in [4.69, 9.17) is 10.2 Å². The SMILES string of the molecule is Nc1ccc2c(c1Br)c(=O)oc1c(F)cccc12. The largest absolute Gasteiger partial charge is 0.419 e. The summed E-state index contributed by atoms with van der Waals surface area (Å²) in [4.78, 5) is 11.9. The standard InChI is InChI=1S/C13H7BrFNO2/c14-11-9(16)5-4-6-7-2-1-3-8(15)12(7)18-13(17)10(6)11/h1-5H,16H2. The number of nitrogen functional groups attached to an aromatic ring is 1. The van der Waals surface area contributed by atoms with Gasteiger partial charge in [-0.25, -0.2) is 9.18 Å². The van der Waals surface area contributed by atoms with Gasteiger partial charge in [-0.3, -0.25) is 0 Å². The number of nitrogens with two attached hydrogens (primary N) is 1. The molecular weight excluding hydrogens is 301 g/mol. The van der Waals surface area contributed by atoms with Gasteiger partial charge in [0.25, 0.3) is 0 Å². The van der Waals surface area contributed by atoms with E-state index >= 15 is 0 Å². The van der Waals surface area contributed by atoms with Gasteiger partial charge in [0.1, 0.15) is 0 Å². The van der Waals surface area contributed by atoms with Gasteiger partial charge < -0.3 is 10.2 Å². The van der Waals surface area contributed by atoms with Crippen LogP contribution in [0.3, 0.4) is 0 Å². The van der Waals surface area contributed by atoms with Gasteiger partial charge in [0, 0.05) is 16.5 Å². The second-order valence-electron chi connectivity index (χ2n) is 3.90. The molecule has 90 valence electrons. The van der Waals surface area contributed by atoms with Gasteiger partial charge in [-0.15, -0.1) is 0 Å². The monoisotopic (exact) mass is 307 g/mol. The average Bonchev–Trinajstić information content (AvgIpc) is 2.35. The number of anilines is 1. The number of rotatable bonds is 0. The maximum Gasteiger partial charge on any atom is 0.345 e. The number of hydrogen-bond donors (Lipinski definition) is 1. The Balaban J connectivity index is 2.69. The van der Waals surface area contributed by atoms with E-state index in [2.05, 4.69) is 15.9 Å². The summed E-state index contributed by atoms with van der Waals surface area (Å²) in [7, 11) is 0. The van der Waals surface area contributed by atoms with Crippen molar-refractivity contribution in [2.24, 2.45) is 0 Å². The third-order valence-electron chi connectivity index (χ3n) is 2.83. The minimum atomic E-state index is -0.609. The maximum absolute atomic E-state index is 13.6. The lowest BCUT2D eigenvalue weighted by molar-refractivity contribution is 0.530. The molecule has 0 radical (unpaired) electrons. The smallest absolute Gasteiger partial charge is 0.345 e. The lowest BCUT2D eigenvalue weighted by atomic mass is 10.1. The van der Waals surface area contributed by atoms with Crippen LogP contribution in [0.4, 0.5) is 10.1 Å². The van der Waals surface area contributed by atoms with Crippen molar-refractivity contribution in [1.29, 1.82) is 0 Å². The van der Waals surface area contributed by atoms with E-state index in [-0.39, 0.29) is 5.58 Å². The van der Waals surface area contributed by atoms with Gasteiger partial charge in [-0.2, -0.15) is 0 Å². The Morgan fingerprint density at radius 3 is 2.72 bits per heavy atom. The molecule has 0 spiro atoms. The zero-order chi connectivity index (χ0) is 12.9. The summed E-state index contributed by atoms with van der Waals surface area (Å²) in [6.07, 6.45) is 0. The van der Waals surface area contributed by atoms with Crippen LogP contribution < -0.4 is 11.4 Å². The number of para-hydroxylation sites is 1. The Morgan fingerprint density at radius 1 is 1.17 bits per heavy atom. The van der Waals surface area contributed by atoms with E-state index in [0.29, 0.717) is 26.3 Å². The average molecular weight is 308 g/mol. The highest BCUT2D eigenvalue weighted by atomic mass is 79.9. The first-order chi connectivity index (χ1) is 8.59. The van der Waals surface area contributed by atoms with Gasteiger partial charge in [-0.1, -0.05) is 18.2 Å². The van der Waals surface area contributed by atoms with E-state index in [1.807, 2.05) is 0 Å². The molecule has 0 amide bonds. The molecule has 0 aliphatic carbocycles. The fraction of sp³-hybridized carbons (Fsp3) is 0. The van der Waals surface area contributed by atoms with E-state index in [1.165, 1.54) is 6.07 Å². The third kappa shape index (κ3) is 1.44. The molecule has 2 N–H and O–H groups in total. The highest BCUT2D eigenvalue weighted by Crippen LogP contribution is 2.32. The van der Waals surface area contributed by atoms with Gasteiger partial charge >= 0.3 is 5.63 Å². The molecule has 2 aromatic carbocycles. The minimum Gasteiger partial charge on any atom is -0.419 e. The lowest BCUT2D eigenvalue weighted by Gasteiger charge is -2.06. The van der Waals surface area contributed by atoms with Crippen LogP contribution in [0, 0.1) is 5.82 Å². The normalized spacial score (nSPS) is 11.2. The first kappa shape index (κ1) is 11.2. The summed E-state index contributed by atoms with van der Waals surface area (Å²) in [6, 6.07) is 7.88. The van der Waals surface area contributed by atoms with Gasteiger partial charge in [-0.05, 0) is 28.1 Å². The summed E-state index contributed by atoms with van der Waals surface area (Å²) in [6.45, 7) is 0. The molecule has 3 rings (SSSR count). The van der Waals surface area contributed by atoms with Crippen LogP contribution in [0.25, 0.3) is 21.7 Å². The van der Waals surface area contributed by atoms with Crippen LogP contribution >= 0.6 is 15.9 Å². The topological polar surface area (TPSA) is 56.2 Å². The zero-order valence-electron chi connectivity index (χ0n) is 9.04. The molecule has 0 atom stereocenters. The van der Waals surface area contributed by atoms with Crippen LogP contribution in [0.15, 0.2) is 44.0 Å². The third-order valence-corrected chi connectivity index (χ3v) is 3.68. The fourth-order valence-electron chi connectivity index (χ4n) is 1.98. The Labute approximate surface area is 109 Å². The predicted molar refractivity (Wildman–Crippen MR) is 72.1 cm³/mol. The molecule has 3 aromatic rings. The molecule has 0 bridgehead atoms. The number of benzene rings is 2. The molecule has 0 saturated heterocycles. The highest BCUT2D eigenvalue weighted by molar-refractivity contribution is 9.10. The maximum atomic E-state index is 13.6. The number of fused-ring (bicyclic) bond motifs is 3. The van der Waals surface area contributed by atoms with Crippen LogP contribution in [-0.2, 0) is 0 Å². The molecule has 0 unspecified atom stereocenters. The van der Waals surface area contributed by atoms with Crippen molar-refractivity contribution in [3.63, 3.8) is 0 Å². The van der Waals surface area contributed by atoms with Crippen LogP contribution in [-0.4, -0.2) is 0 Å². The summed E-state index contributed by atoms with van der Waals surface area (Å²) >= 11 is 3.26. The van der Waals surface area contributed by atoms with Crippen molar-refractivity contribution in [3.05, 3.63) is 51.0 Å². The molecule has 1 aromatic heterocycles. The van der Waals surface area contributed by atoms with E-state index < -0.39 is 11.4 Å². The molecule has 1 heterocycles. The second-order valence-corrected chi connectivity index (χ2v) is 4.69. The number of hydrogen-bond acceptors (Lipinski definition) is 3. The van der Waals surface area contributed by atoms with Crippen molar-refractivity contribution < 1.29 is 8.81 Å². The van der Waals surface area contributed by atoms with Crippen LogP contribution in [0.5, 0.6) is 0 Å². The predicted octanol–water partition coefficient (Wildman–Crippen LogP) is 3.43. The molecule has 0 aliphatic rings. The molecule has 3 nitrogen and oxygen atoms in total. The Hall–Kier alpha value is -1.88. The molecule has 0 aliphatic heterocycles. The van der Waals surface area contributed by atoms with Gasteiger partial charge in [0.15, 0.2) is 11.4 Å². The molecule has 0 saturated carbocycles. The first-order valence-corrected chi connectivity index (χ1v) is 5.98. The van der Waals surface area contributed by atoms with Crippen molar-refractivity contribution in [3.8, 4) is 0 Å². The van der Waals surface area contributed by atoms with E-state index in [1.54, 1.807) is 24.3 Å². The zero-order valence-corrected chi connectivity index (χ0v) is 10.6. The molecule has 5 heteroatoms. The van der Waals surface area contributed by atoms with Gasteiger partial charge in [0.05, 0.1) is 9.86 Å². The number of halogens is 2. The highest BCUT2D eigenvalue weighted by Gasteiger charge is 2.14. The Kier molecular flexibility index (Phi) is 2.38. The van der Waals surface area contributed by atoms with Crippen molar-refractivity contribution in [2.75, 3.05) is 5.73 Å². The quantitative estimate of drug-likeness (QED) is 0.393. The summed E-state index contributed by atoms with van der Waals surface area (Å²) in [5, 5.41) is 1.49. The summed E-state index contributed by atoms with van der Waals surface area (Å²) < 4.78 is 19.1. The van der Waals surface area contributed by atoms with E-state index in [9.17, 15) is 9.18 Å². The van der Waals surface area contributed by atoms with Crippen LogP contribution in [0.1, 0.15) is 0 Å². The Bertz CT molecular complexity index is 842. The van der Waals surface area contributed by atoms with Gasteiger partial charge in [0.2, 0.25) is 0 Å². The van der Waals surface area contributed by atoms with Crippen LogP contribution in [0.2, 0.25) is 0 Å². The van der Waals surface area contributed by atoms with Crippen molar-refractivity contribution >= 4 is 43.4 Å². The molecular formula is C13H7BrFNO2. The molecule has 18 heavy (non-hydrogen) atoms. The second kappa shape index (κ2) is 3.81. The van der Waals surface area contributed by atoms with Crippen molar-refractivity contribution in [1.82, 2.24) is 0 Å². The van der Waals surface area contributed by atoms with E-state index in [0.717, 1.165) is 0 Å². The minimum absolute atomic E-state index is 0.0355. The Morgan fingerprint density at radius 2 is 1.94 bits per heavy atom.